The zero-order chi connectivity index (χ0) is 19.0. The Morgan fingerprint density at radius 3 is 2.59 bits per heavy atom. The summed E-state index contributed by atoms with van der Waals surface area (Å²) in [5.41, 5.74) is 2.19. The van der Waals surface area contributed by atoms with E-state index >= 15 is 0 Å². The van der Waals surface area contributed by atoms with Crippen molar-refractivity contribution in [3.8, 4) is 0 Å². The van der Waals surface area contributed by atoms with Crippen LogP contribution in [0.2, 0.25) is 0 Å². The molecule has 1 N–H and O–H groups in total. The summed E-state index contributed by atoms with van der Waals surface area (Å²) in [6.45, 7) is 6.79. The van der Waals surface area contributed by atoms with Gasteiger partial charge >= 0.3 is 0 Å². The van der Waals surface area contributed by atoms with Crippen LogP contribution in [0.15, 0.2) is 55.0 Å². The molecule has 4 rings (SSSR count). The van der Waals surface area contributed by atoms with Crippen molar-refractivity contribution in [3.05, 3.63) is 72.3 Å². The minimum atomic E-state index is -0.157. The van der Waals surface area contributed by atoms with Crippen molar-refractivity contribution < 1.29 is 4.79 Å². The fourth-order valence-corrected chi connectivity index (χ4v) is 3.29. The van der Waals surface area contributed by atoms with Gasteiger partial charge in [0, 0.05) is 30.8 Å². The Morgan fingerprint density at radius 2 is 1.81 bits per heavy atom. The van der Waals surface area contributed by atoms with Crippen molar-refractivity contribution >= 4 is 16.9 Å². The molecule has 4 heterocycles. The van der Waals surface area contributed by atoms with Crippen molar-refractivity contribution in [1.29, 1.82) is 0 Å². The van der Waals surface area contributed by atoms with Crippen LogP contribution in [0.3, 0.4) is 0 Å². The smallest absolute Gasteiger partial charge is 0.272 e. The van der Waals surface area contributed by atoms with Gasteiger partial charge in [0.15, 0.2) is 5.69 Å². The van der Waals surface area contributed by atoms with E-state index in [0.29, 0.717) is 18.7 Å². The average molecular weight is 361 g/mol. The monoisotopic (exact) mass is 361 g/mol. The van der Waals surface area contributed by atoms with Gasteiger partial charge in [-0.1, -0.05) is 32.9 Å². The SMILES string of the molecule is CC(C)(C)c1nc(C(=O)NCCc2ncc3ccccn23)c2ccccn12. The molecule has 0 radical (unpaired) electrons. The van der Waals surface area contributed by atoms with Crippen molar-refractivity contribution in [2.45, 2.75) is 32.6 Å². The van der Waals surface area contributed by atoms with Crippen LogP contribution >= 0.6 is 0 Å². The zero-order valence-electron chi connectivity index (χ0n) is 15.8. The molecule has 27 heavy (non-hydrogen) atoms. The second kappa shape index (κ2) is 6.54. The van der Waals surface area contributed by atoms with Gasteiger partial charge in [0.1, 0.15) is 11.6 Å². The highest BCUT2D eigenvalue weighted by molar-refractivity contribution is 5.99. The van der Waals surface area contributed by atoms with Crippen molar-refractivity contribution in [1.82, 2.24) is 24.1 Å². The zero-order valence-corrected chi connectivity index (χ0v) is 15.8. The number of nitrogens with one attached hydrogen (secondary N) is 1. The van der Waals surface area contributed by atoms with Crippen molar-refractivity contribution in [2.24, 2.45) is 0 Å². The van der Waals surface area contributed by atoms with Gasteiger partial charge in [-0.05, 0) is 24.3 Å². The van der Waals surface area contributed by atoms with Crippen LogP contribution in [0, 0.1) is 0 Å². The Balaban J connectivity index is 1.53. The summed E-state index contributed by atoms with van der Waals surface area (Å²) in [4.78, 5) is 21.9. The molecular formula is C21H23N5O. The lowest BCUT2D eigenvalue weighted by molar-refractivity contribution is 0.0951. The summed E-state index contributed by atoms with van der Waals surface area (Å²) >= 11 is 0. The molecule has 0 aromatic carbocycles. The second-order valence-electron chi connectivity index (χ2n) is 7.67. The molecule has 0 spiro atoms. The normalized spacial score (nSPS) is 12.0. The number of hydrogen-bond donors (Lipinski definition) is 1. The minimum Gasteiger partial charge on any atom is -0.350 e. The summed E-state index contributed by atoms with van der Waals surface area (Å²) in [6, 6.07) is 11.8. The van der Waals surface area contributed by atoms with E-state index in [9.17, 15) is 4.79 Å². The summed E-state index contributed by atoms with van der Waals surface area (Å²) in [5.74, 6) is 1.65. The van der Waals surface area contributed by atoms with Gasteiger partial charge in [-0.25, -0.2) is 9.97 Å². The van der Waals surface area contributed by atoms with Gasteiger partial charge in [0.25, 0.3) is 5.91 Å². The van der Waals surface area contributed by atoms with E-state index in [0.717, 1.165) is 22.7 Å². The number of hydrogen-bond acceptors (Lipinski definition) is 3. The van der Waals surface area contributed by atoms with Gasteiger partial charge in [-0.15, -0.1) is 0 Å². The fourth-order valence-electron chi connectivity index (χ4n) is 3.29. The number of pyridine rings is 2. The maximum absolute atomic E-state index is 12.8. The van der Waals surface area contributed by atoms with E-state index in [4.69, 9.17) is 0 Å². The third-order valence-corrected chi connectivity index (χ3v) is 4.58. The first-order valence-electron chi connectivity index (χ1n) is 9.12. The molecule has 4 aromatic rings. The third kappa shape index (κ3) is 3.18. The first kappa shape index (κ1) is 17.3. The molecule has 138 valence electrons. The number of fused-ring (bicyclic) bond motifs is 2. The van der Waals surface area contributed by atoms with E-state index in [1.807, 2.05) is 63.8 Å². The van der Waals surface area contributed by atoms with Crippen LogP contribution in [0.25, 0.3) is 11.0 Å². The Labute approximate surface area is 157 Å². The van der Waals surface area contributed by atoms with Gasteiger partial charge < -0.3 is 14.1 Å². The number of carbonyl (C=O) groups excluding carboxylic acids is 1. The number of amides is 1. The van der Waals surface area contributed by atoms with Crippen molar-refractivity contribution in [2.75, 3.05) is 6.54 Å². The summed E-state index contributed by atoms with van der Waals surface area (Å²) in [5, 5.41) is 2.99. The number of imidazole rings is 2. The van der Waals surface area contributed by atoms with Crippen LogP contribution in [0.5, 0.6) is 0 Å². The standard InChI is InChI=1S/C21H23N5O/c1-21(2,3)20-24-18(16-9-5-7-13-26(16)20)19(27)22-11-10-17-23-14-15-8-4-6-12-25(15)17/h4-9,12-14H,10-11H2,1-3H3,(H,22,27). The van der Waals surface area contributed by atoms with E-state index in [1.165, 1.54) is 0 Å². The molecule has 1 amide bonds. The maximum Gasteiger partial charge on any atom is 0.272 e. The Hall–Kier alpha value is -3.15. The number of carbonyl (C=O) groups is 1. The second-order valence-corrected chi connectivity index (χ2v) is 7.67. The highest BCUT2D eigenvalue weighted by atomic mass is 16.1. The molecule has 4 aromatic heterocycles. The molecule has 0 saturated heterocycles. The summed E-state index contributed by atoms with van der Waals surface area (Å²) in [6.07, 6.45) is 6.44. The molecule has 0 unspecified atom stereocenters. The molecule has 0 fully saturated rings. The molecule has 6 nitrogen and oxygen atoms in total. The fraction of sp³-hybridized carbons (Fsp3) is 0.286. The predicted octanol–water partition coefficient (Wildman–Crippen LogP) is 3.25. The van der Waals surface area contributed by atoms with Crippen LogP contribution < -0.4 is 5.32 Å². The van der Waals surface area contributed by atoms with Gasteiger partial charge in [-0.3, -0.25) is 4.79 Å². The molecule has 0 bridgehead atoms. The van der Waals surface area contributed by atoms with Gasteiger partial charge in [0.05, 0.1) is 17.2 Å². The van der Waals surface area contributed by atoms with Crippen LogP contribution in [-0.2, 0) is 11.8 Å². The molecule has 6 heteroatoms. The van der Waals surface area contributed by atoms with E-state index in [2.05, 4.69) is 36.1 Å². The lowest BCUT2D eigenvalue weighted by Gasteiger charge is -2.16. The van der Waals surface area contributed by atoms with E-state index in [1.54, 1.807) is 0 Å². The number of rotatable bonds is 4. The highest BCUT2D eigenvalue weighted by Crippen LogP contribution is 2.24. The molecule has 0 aliphatic rings. The molecule has 0 saturated carbocycles. The summed E-state index contributed by atoms with van der Waals surface area (Å²) in [7, 11) is 0. The minimum absolute atomic E-state index is 0.155. The van der Waals surface area contributed by atoms with Gasteiger partial charge in [0.2, 0.25) is 0 Å². The topological polar surface area (TPSA) is 63.7 Å². The Bertz CT molecular complexity index is 1120. The number of aromatic nitrogens is 4. The molecule has 0 aliphatic carbocycles. The highest BCUT2D eigenvalue weighted by Gasteiger charge is 2.24. The van der Waals surface area contributed by atoms with Crippen LogP contribution in [0.4, 0.5) is 0 Å². The summed E-state index contributed by atoms with van der Waals surface area (Å²) < 4.78 is 4.03. The quantitative estimate of drug-likeness (QED) is 0.607. The van der Waals surface area contributed by atoms with Crippen LogP contribution in [0.1, 0.15) is 42.9 Å². The van der Waals surface area contributed by atoms with E-state index < -0.39 is 0 Å². The lowest BCUT2D eigenvalue weighted by atomic mass is 9.96. The molecule has 0 atom stereocenters. The molecular weight excluding hydrogens is 338 g/mol. The average Bonchev–Trinajstić information content (AvgIpc) is 3.23. The predicted molar refractivity (Wildman–Crippen MR) is 105 cm³/mol. The van der Waals surface area contributed by atoms with Crippen molar-refractivity contribution in [3.63, 3.8) is 0 Å². The van der Waals surface area contributed by atoms with Crippen LogP contribution in [-0.4, -0.2) is 31.2 Å². The first-order valence-corrected chi connectivity index (χ1v) is 9.12. The Kier molecular flexibility index (Phi) is 4.18. The van der Waals surface area contributed by atoms with E-state index in [-0.39, 0.29) is 11.3 Å². The number of nitrogens with zero attached hydrogens (tertiary/aromatic N) is 4. The van der Waals surface area contributed by atoms with Gasteiger partial charge in [-0.2, -0.15) is 0 Å². The molecule has 0 aliphatic heterocycles. The first-order chi connectivity index (χ1) is 12.9. The Morgan fingerprint density at radius 1 is 1.07 bits per heavy atom. The largest absolute Gasteiger partial charge is 0.350 e. The lowest BCUT2D eigenvalue weighted by Crippen LogP contribution is -2.27. The third-order valence-electron chi connectivity index (χ3n) is 4.58. The maximum atomic E-state index is 12.8.